The van der Waals surface area contributed by atoms with E-state index in [0.717, 1.165) is 33.4 Å². The van der Waals surface area contributed by atoms with E-state index in [4.69, 9.17) is 0 Å². The molecule has 0 aliphatic carbocycles. The van der Waals surface area contributed by atoms with Gasteiger partial charge < -0.3 is 0 Å². The molecule has 0 atom stereocenters. The van der Waals surface area contributed by atoms with Crippen LogP contribution in [0.4, 0.5) is 0 Å². The lowest BCUT2D eigenvalue weighted by Crippen LogP contribution is -2.03. The van der Waals surface area contributed by atoms with E-state index < -0.39 is 0 Å². The highest BCUT2D eigenvalue weighted by molar-refractivity contribution is 6.11. The molecule has 0 N–H and O–H groups in total. The van der Waals surface area contributed by atoms with E-state index in [0.29, 0.717) is 22.3 Å². The van der Waals surface area contributed by atoms with Gasteiger partial charge in [-0.25, -0.2) is 0 Å². The van der Waals surface area contributed by atoms with Gasteiger partial charge in [-0.1, -0.05) is 170 Å². The summed E-state index contributed by atoms with van der Waals surface area (Å²) in [5.74, 6) is -0.0105. The van der Waals surface area contributed by atoms with Crippen LogP contribution < -0.4 is 0 Å². The van der Waals surface area contributed by atoms with Crippen LogP contribution in [0.2, 0.25) is 0 Å². The second kappa shape index (κ2) is 12.3. The van der Waals surface area contributed by atoms with E-state index in [9.17, 15) is 9.59 Å². The Morgan fingerprint density at radius 3 is 0.714 bits per heavy atom. The highest BCUT2D eigenvalue weighted by Gasteiger charge is 2.18. The Morgan fingerprint density at radius 2 is 0.429 bits per heavy atom. The fourth-order valence-corrected chi connectivity index (χ4v) is 5.21. The van der Waals surface area contributed by atoms with Crippen molar-refractivity contribution in [3.63, 3.8) is 0 Å². The van der Waals surface area contributed by atoms with Crippen molar-refractivity contribution >= 4 is 22.7 Å². The predicted octanol–water partition coefficient (Wildman–Crippen LogP) is 9.16. The first-order chi connectivity index (χ1) is 20.7. The van der Waals surface area contributed by atoms with Gasteiger partial charge in [-0.3, -0.25) is 9.59 Å². The van der Waals surface area contributed by atoms with E-state index in [-0.39, 0.29) is 11.6 Å². The molecule has 0 amide bonds. The van der Waals surface area contributed by atoms with Crippen LogP contribution in [-0.4, -0.2) is 11.6 Å². The molecule has 6 rings (SSSR count). The Kier molecular flexibility index (Phi) is 7.78. The quantitative estimate of drug-likeness (QED) is 0.142. The average molecular weight is 541 g/mol. The average Bonchev–Trinajstić information content (AvgIpc) is 3.08. The van der Waals surface area contributed by atoms with Crippen molar-refractivity contribution in [3.05, 3.63) is 214 Å². The van der Waals surface area contributed by atoms with Gasteiger partial charge in [0.05, 0.1) is 0 Å². The van der Waals surface area contributed by atoms with Crippen LogP contribution in [0, 0.1) is 0 Å². The van der Waals surface area contributed by atoms with Crippen molar-refractivity contribution in [2.45, 2.75) is 0 Å². The first-order valence-corrected chi connectivity index (χ1v) is 13.9. The lowest BCUT2D eigenvalue weighted by molar-refractivity contribution is 0.103. The molecule has 0 aliphatic rings. The van der Waals surface area contributed by atoms with Crippen molar-refractivity contribution in [2.24, 2.45) is 0 Å². The molecule has 0 fully saturated rings. The molecule has 6 aromatic carbocycles. The minimum atomic E-state index is -0.00524. The Labute approximate surface area is 246 Å². The molecule has 42 heavy (non-hydrogen) atoms. The molecule has 0 spiro atoms. The van der Waals surface area contributed by atoms with Crippen LogP contribution in [-0.2, 0) is 0 Å². The third-order valence-electron chi connectivity index (χ3n) is 7.32. The maximum absolute atomic E-state index is 13.1. The van der Waals surface area contributed by atoms with Crippen molar-refractivity contribution in [3.8, 4) is 0 Å². The van der Waals surface area contributed by atoms with Gasteiger partial charge in [-0.15, -0.1) is 0 Å². The topological polar surface area (TPSA) is 34.1 Å². The second-order valence-electron chi connectivity index (χ2n) is 10.0. The van der Waals surface area contributed by atoms with Gasteiger partial charge in [0.1, 0.15) is 0 Å². The minimum Gasteiger partial charge on any atom is -0.289 e. The molecule has 6 aromatic rings. The lowest BCUT2D eigenvalue weighted by atomic mass is 9.85. The van der Waals surface area contributed by atoms with E-state index in [2.05, 4.69) is 24.3 Å². The Morgan fingerprint density at radius 1 is 0.238 bits per heavy atom. The number of ketones is 2. The maximum Gasteiger partial charge on any atom is 0.193 e. The van der Waals surface area contributed by atoms with Crippen LogP contribution in [0.1, 0.15) is 54.1 Å². The largest absolute Gasteiger partial charge is 0.289 e. The molecule has 200 valence electrons. The molecule has 0 saturated heterocycles. The summed E-state index contributed by atoms with van der Waals surface area (Å²) in [4.78, 5) is 26.2. The van der Waals surface area contributed by atoms with E-state index in [1.54, 1.807) is 0 Å². The summed E-state index contributed by atoms with van der Waals surface area (Å²) in [7, 11) is 0. The molecule has 0 aliphatic heterocycles. The number of benzene rings is 6. The maximum atomic E-state index is 13.1. The third kappa shape index (κ3) is 5.65. The Balaban J connectivity index is 1.49. The molecule has 2 heteroatoms. The van der Waals surface area contributed by atoms with Crippen molar-refractivity contribution in [1.29, 1.82) is 0 Å². The smallest absolute Gasteiger partial charge is 0.193 e. The monoisotopic (exact) mass is 540 g/mol. The normalized spacial score (nSPS) is 11.4. The molecule has 0 heterocycles. The van der Waals surface area contributed by atoms with Crippen LogP contribution in [0.5, 0.6) is 0 Å². The first kappa shape index (κ1) is 26.6. The zero-order chi connectivity index (χ0) is 28.7. The van der Waals surface area contributed by atoms with Crippen LogP contribution in [0.3, 0.4) is 0 Å². The number of carbonyl (C=O) groups is 2. The molecule has 0 radical (unpaired) electrons. The summed E-state index contributed by atoms with van der Waals surface area (Å²) in [5, 5.41) is 0. The second-order valence-corrected chi connectivity index (χ2v) is 10.0. The molecule has 2 nitrogen and oxygen atoms in total. The van der Waals surface area contributed by atoms with Gasteiger partial charge in [0.25, 0.3) is 0 Å². The van der Waals surface area contributed by atoms with Gasteiger partial charge in [-0.05, 0) is 33.4 Å². The van der Waals surface area contributed by atoms with E-state index >= 15 is 0 Å². The number of hydrogen-bond acceptors (Lipinski definition) is 2. The molecule has 0 aromatic heterocycles. The fraction of sp³-hybridized carbons (Fsp3) is 0. The summed E-state index contributed by atoms with van der Waals surface area (Å²) in [6.45, 7) is 0. The summed E-state index contributed by atoms with van der Waals surface area (Å²) < 4.78 is 0. The molecule has 0 saturated carbocycles. The highest BCUT2D eigenvalue weighted by Crippen LogP contribution is 2.37. The summed E-state index contributed by atoms with van der Waals surface area (Å²) in [6.07, 6.45) is 0. The van der Waals surface area contributed by atoms with Crippen molar-refractivity contribution in [1.82, 2.24) is 0 Å². The molecule has 0 unspecified atom stereocenters. The number of hydrogen-bond donors (Lipinski definition) is 0. The standard InChI is InChI=1S/C40H28O2/c41-39(33-17-9-3-10-18-33)35-25-21-31(22-26-35)37(29-13-5-1-6-14-29)38(30-15-7-2-8-16-30)32-23-27-36(28-24-32)40(42)34-19-11-4-12-20-34/h1-28H/b38-37+. The Bertz CT molecular complexity index is 1700. The SMILES string of the molecule is O=C(c1ccccc1)c1ccc(/C(=C(\c2ccccc2)c2ccc(C(=O)c3ccccc3)cc2)c2ccccc2)cc1. The summed E-state index contributed by atoms with van der Waals surface area (Å²) in [5.41, 5.74) is 8.81. The highest BCUT2D eigenvalue weighted by atomic mass is 16.1. The predicted molar refractivity (Wildman–Crippen MR) is 171 cm³/mol. The Hall–Kier alpha value is -5.60. The lowest BCUT2D eigenvalue weighted by Gasteiger charge is -2.18. The van der Waals surface area contributed by atoms with Crippen LogP contribution in [0.25, 0.3) is 11.1 Å². The number of carbonyl (C=O) groups excluding carboxylic acids is 2. The zero-order valence-corrected chi connectivity index (χ0v) is 23.0. The molecular weight excluding hydrogens is 512 g/mol. The third-order valence-corrected chi connectivity index (χ3v) is 7.32. The van der Waals surface area contributed by atoms with Crippen molar-refractivity contribution < 1.29 is 9.59 Å². The van der Waals surface area contributed by atoms with Gasteiger partial charge in [0, 0.05) is 22.3 Å². The summed E-state index contributed by atoms with van der Waals surface area (Å²) in [6, 6.07) is 55.0. The van der Waals surface area contributed by atoms with Crippen LogP contribution in [0.15, 0.2) is 170 Å². The van der Waals surface area contributed by atoms with Crippen molar-refractivity contribution in [2.75, 3.05) is 0 Å². The molecular formula is C40H28O2. The van der Waals surface area contributed by atoms with Crippen LogP contribution >= 0.6 is 0 Å². The van der Waals surface area contributed by atoms with Gasteiger partial charge in [-0.2, -0.15) is 0 Å². The van der Waals surface area contributed by atoms with Gasteiger partial charge in [0.2, 0.25) is 0 Å². The van der Waals surface area contributed by atoms with E-state index in [1.807, 2.05) is 146 Å². The first-order valence-electron chi connectivity index (χ1n) is 13.9. The van der Waals surface area contributed by atoms with Gasteiger partial charge >= 0.3 is 0 Å². The van der Waals surface area contributed by atoms with Gasteiger partial charge in [0.15, 0.2) is 11.6 Å². The zero-order valence-electron chi connectivity index (χ0n) is 23.0. The fourth-order valence-electron chi connectivity index (χ4n) is 5.21. The minimum absolute atomic E-state index is 0.00524. The van der Waals surface area contributed by atoms with E-state index in [1.165, 1.54) is 0 Å². The molecule has 0 bridgehead atoms. The summed E-state index contributed by atoms with van der Waals surface area (Å²) >= 11 is 0. The number of rotatable bonds is 8.